The fraction of sp³-hybridized carbons (Fsp3) is 0.100. The summed E-state index contributed by atoms with van der Waals surface area (Å²) in [5.41, 5.74) is -0.429. The second-order valence-corrected chi connectivity index (χ2v) is 7.38. The lowest BCUT2D eigenvalue weighted by Gasteiger charge is -2.03. The molecule has 12 nitrogen and oxygen atoms in total. The number of aliphatic hydroxyl groups excluding tert-OH is 1. The molecule has 166 valence electrons. The first-order valence-corrected chi connectivity index (χ1v) is 10.3. The number of carbonyl (C=O) groups is 1. The summed E-state index contributed by atoms with van der Waals surface area (Å²) in [7, 11) is 0. The van der Waals surface area contributed by atoms with Crippen molar-refractivity contribution in [2.45, 2.75) is 6.92 Å². The van der Waals surface area contributed by atoms with E-state index >= 15 is 0 Å². The highest BCUT2D eigenvalue weighted by Gasteiger charge is 2.22. The van der Waals surface area contributed by atoms with Crippen LogP contribution in [0.4, 0.5) is 11.4 Å². The fourth-order valence-corrected chi connectivity index (χ4v) is 3.67. The number of para-hydroxylation sites is 1. The van der Waals surface area contributed by atoms with Crippen molar-refractivity contribution in [3.8, 4) is 0 Å². The number of ether oxygens (including phenoxy) is 1. The number of nitrogens with zero attached hydrogens (tertiary/aromatic N) is 6. The summed E-state index contributed by atoms with van der Waals surface area (Å²) < 4.78 is 6.33. The molecule has 13 heteroatoms. The molecule has 4 aromatic rings. The Labute approximate surface area is 188 Å². The van der Waals surface area contributed by atoms with Crippen molar-refractivity contribution in [3.05, 3.63) is 79.7 Å². The molecule has 2 aromatic carbocycles. The molecule has 0 saturated carbocycles. The Morgan fingerprint density at radius 1 is 1.24 bits per heavy atom. The van der Waals surface area contributed by atoms with Crippen LogP contribution in [0.25, 0.3) is 21.6 Å². The van der Waals surface area contributed by atoms with Crippen molar-refractivity contribution in [1.82, 2.24) is 14.6 Å². The van der Waals surface area contributed by atoms with Crippen LogP contribution < -0.4 is 5.56 Å². The van der Waals surface area contributed by atoms with Gasteiger partial charge >= 0.3 is 5.97 Å². The Morgan fingerprint density at radius 3 is 2.67 bits per heavy atom. The van der Waals surface area contributed by atoms with Crippen LogP contribution in [0.1, 0.15) is 11.9 Å². The topological polar surface area (TPSA) is 162 Å². The molecule has 0 spiro atoms. The summed E-state index contributed by atoms with van der Waals surface area (Å²) in [5, 5.41) is 33.8. The first-order valence-electron chi connectivity index (χ1n) is 9.44. The molecule has 0 fully saturated rings. The molecule has 0 bridgehead atoms. The van der Waals surface area contributed by atoms with Crippen molar-refractivity contribution < 1.29 is 19.6 Å². The number of fused-ring (bicyclic) bond motifs is 3. The molecule has 2 heterocycles. The molecule has 0 aliphatic rings. The number of aromatic nitrogens is 3. The highest BCUT2D eigenvalue weighted by Crippen LogP contribution is 2.26. The van der Waals surface area contributed by atoms with Crippen LogP contribution >= 0.6 is 11.3 Å². The van der Waals surface area contributed by atoms with Gasteiger partial charge in [0.2, 0.25) is 10.7 Å². The van der Waals surface area contributed by atoms with Gasteiger partial charge in [0.05, 0.1) is 28.1 Å². The number of benzene rings is 2. The van der Waals surface area contributed by atoms with Crippen molar-refractivity contribution >= 4 is 50.3 Å². The lowest BCUT2D eigenvalue weighted by Crippen LogP contribution is -2.09. The van der Waals surface area contributed by atoms with Gasteiger partial charge in [-0.15, -0.1) is 5.11 Å². The second-order valence-electron chi connectivity index (χ2n) is 6.43. The third-order valence-electron chi connectivity index (χ3n) is 4.34. The lowest BCUT2D eigenvalue weighted by molar-refractivity contribution is -0.384. The van der Waals surface area contributed by atoms with Crippen LogP contribution in [0.15, 0.2) is 69.3 Å². The molecular weight excluding hydrogens is 452 g/mol. The van der Waals surface area contributed by atoms with Gasteiger partial charge in [0.25, 0.3) is 11.2 Å². The van der Waals surface area contributed by atoms with Crippen molar-refractivity contribution in [2.75, 3.05) is 6.61 Å². The highest BCUT2D eigenvalue weighted by atomic mass is 32.1. The molecule has 2 aromatic heterocycles. The molecular formula is C20H14N6O6S. The minimum atomic E-state index is -0.952. The van der Waals surface area contributed by atoms with Crippen LogP contribution in [0.2, 0.25) is 0 Å². The molecule has 0 aliphatic carbocycles. The van der Waals surface area contributed by atoms with Gasteiger partial charge in [-0.2, -0.15) is 15.2 Å². The molecule has 4 rings (SSSR count). The predicted octanol–water partition coefficient (Wildman–Crippen LogP) is 3.79. The van der Waals surface area contributed by atoms with Gasteiger partial charge in [-0.25, -0.2) is 9.31 Å². The third kappa shape index (κ3) is 4.29. The largest absolute Gasteiger partial charge is 0.503 e. The summed E-state index contributed by atoms with van der Waals surface area (Å²) in [6.07, 6.45) is 0. The SMILES string of the molecule is CCOC(=O)/C(N=Nc1ccc([N+](=O)[O-])cc1)=C(/O)c1nn2c(nc(=O)c3ccccc32)s1. The zero-order valence-electron chi connectivity index (χ0n) is 16.9. The third-order valence-corrected chi connectivity index (χ3v) is 5.26. The van der Waals surface area contributed by atoms with Gasteiger partial charge in [0.1, 0.15) is 0 Å². The quantitative estimate of drug-likeness (QED) is 0.112. The summed E-state index contributed by atoms with van der Waals surface area (Å²) in [4.78, 5) is 39.1. The Balaban J connectivity index is 1.80. The number of aliphatic hydroxyl groups is 1. The van der Waals surface area contributed by atoms with E-state index < -0.39 is 27.9 Å². The van der Waals surface area contributed by atoms with E-state index in [1.165, 1.54) is 28.8 Å². The Morgan fingerprint density at radius 2 is 1.97 bits per heavy atom. The van der Waals surface area contributed by atoms with Gasteiger partial charge in [0, 0.05) is 12.1 Å². The second kappa shape index (κ2) is 8.92. The van der Waals surface area contributed by atoms with E-state index in [2.05, 4.69) is 20.3 Å². The standard InChI is InChI=1S/C20H14N6O6S/c1-2-32-19(29)15(23-22-11-7-9-12(10-8-11)26(30)31)16(27)18-24-25-14-6-4-3-5-13(14)17(28)21-20(25)33-18/h3-10,27H,2H2,1H3/b16-15-,23-22?. The maximum absolute atomic E-state index is 12.4. The van der Waals surface area contributed by atoms with Gasteiger partial charge in [0.15, 0.2) is 10.8 Å². The summed E-state index contributed by atoms with van der Waals surface area (Å²) in [6.45, 7) is 1.60. The molecule has 0 atom stereocenters. The van der Waals surface area contributed by atoms with Gasteiger partial charge in [-0.3, -0.25) is 14.9 Å². The zero-order chi connectivity index (χ0) is 23.5. The summed E-state index contributed by atoms with van der Waals surface area (Å²) >= 11 is 0.873. The monoisotopic (exact) mass is 466 g/mol. The van der Waals surface area contributed by atoms with E-state index in [4.69, 9.17) is 4.74 Å². The maximum Gasteiger partial charge on any atom is 0.362 e. The highest BCUT2D eigenvalue weighted by molar-refractivity contribution is 7.17. The number of nitro groups is 1. The maximum atomic E-state index is 12.4. The predicted molar refractivity (Wildman–Crippen MR) is 118 cm³/mol. The minimum Gasteiger partial charge on any atom is -0.503 e. The minimum absolute atomic E-state index is 0.0169. The average molecular weight is 466 g/mol. The van der Waals surface area contributed by atoms with E-state index in [0.29, 0.717) is 10.9 Å². The van der Waals surface area contributed by atoms with Gasteiger partial charge in [-0.1, -0.05) is 23.5 Å². The normalized spacial score (nSPS) is 12.3. The van der Waals surface area contributed by atoms with Gasteiger partial charge < -0.3 is 9.84 Å². The molecule has 0 radical (unpaired) electrons. The molecule has 0 aliphatic heterocycles. The number of carbonyl (C=O) groups excluding carboxylic acids is 1. The zero-order valence-corrected chi connectivity index (χ0v) is 17.7. The Bertz CT molecular complexity index is 1510. The van der Waals surface area contributed by atoms with Crippen LogP contribution in [-0.4, -0.2) is 37.2 Å². The number of hydrogen-bond donors (Lipinski definition) is 1. The smallest absolute Gasteiger partial charge is 0.362 e. The van der Waals surface area contributed by atoms with Crippen LogP contribution in [0, 0.1) is 10.1 Å². The molecule has 0 saturated heterocycles. The van der Waals surface area contributed by atoms with E-state index in [-0.39, 0.29) is 28.0 Å². The first kappa shape index (κ1) is 21.7. The number of non-ortho nitro benzene ring substituents is 1. The van der Waals surface area contributed by atoms with E-state index in [1.54, 1.807) is 31.2 Å². The lowest BCUT2D eigenvalue weighted by atomic mass is 10.2. The molecule has 0 amide bonds. The van der Waals surface area contributed by atoms with Crippen LogP contribution in [0.5, 0.6) is 0 Å². The Kier molecular flexibility index (Phi) is 5.87. The number of nitro benzene ring substituents is 1. The van der Waals surface area contributed by atoms with Crippen LogP contribution in [0.3, 0.4) is 0 Å². The molecule has 0 unspecified atom stereocenters. The number of rotatable bonds is 6. The van der Waals surface area contributed by atoms with E-state index in [0.717, 1.165) is 11.3 Å². The molecule has 1 N–H and O–H groups in total. The first-order chi connectivity index (χ1) is 15.9. The number of azo groups is 1. The summed E-state index contributed by atoms with van der Waals surface area (Å²) in [6, 6.07) is 11.8. The number of hydrogen-bond acceptors (Lipinski definition) is 11. The molecule has 33 heavy (non-hydrogen) atoms. The van der Waals surface area contributed by atoms with Crippen LogP contribution in [-0.2, 0) is 9.53 Å². The van der Waals surface area contributed by atoms with E-state index in [1.807, 2.05) is 0 Å². The Hall–Kier alpha value is -4.52. The number of esters is 1. The van der Waals surface area contributed by atoms with E-state index in [9.17, 15) is 24.8 Å². The average Bonchev–Trinajstić information content (AvgIpc) is 3.24. The van der Waals surface area contributed by atoms with Crippen molar-refractivity contribution in [3.63, 3.8) is 0 Å². The fourth-order valence-electron chi connectivity index (χ4n) is 2.83. The van der Waals surface area contributed by atoms with Gasteiger partial charge in [-0.05, 0) is 31.2 Å². The van der Waals surface area contributed by atoms with Crippen molar-refractivity contribution in [2.24, 2.45) is 10.2 Å². The van der Waals surface area contributed by atoms with Crippen molar-refractivity contribution in [1.29, 1.82) is 0 Å². The summed E-state index contributed by atoms with van der Waals surface area (Å²) in [5.74, 6) is -1.57.